The van der Waals surface area contributed by atoms with Crippen molar-refractivity contribution in [3.05, 3.63) is 0 Å². The van der Waals surface area contributed by atoms with Gasteiger partial charge in [0.2, 0.25) is 0 Å². The van der Waals surface area contributed by atoms with Gasteiger partial charge in [-0.3, -0.25) is 5.43 Å². The van der Waals surface area contributed by atoms with Crippen LogP contribution in [0.5, 0.6) is 0 Å². The standard InChI is InChI=1S/C11H20N2O/c1-2-10-7-9(1)8-11(10)12-13-3-5-14-6-4-13/h9-12H,1-8H2. The molecule has 3 atom stereocenters. The fourth-order valence-corrected chi connectivity index (χ4v) is 3.33. The summed E-state index contributed by atoms with van der Waals surface area (Å²) in [4.78, 5) is 0. The number of rotatable bonds is 2. The van der Waals surface area contributed by atoms with Gasteiger partial charge in [0.05, 0.1) is 13.2 Å². The summed E-state index contributed by atoms with van der Waals surface area (Å²) in [6.07, 6.45) is 5.86. The zero-order valence-electron chi connectivity index (χ0n) is 8.74. The first-order chi connectivity index (χ1) is 6.92. The van der Waals surface area contributed by atoms with Crippen LogP contribution in [-0.2, 0) is 4.74 Å². The third kappa shape index (κ3) is 1.69. The maximum Gasteiger partial charge on any atom is 0.0608 e. The van der Waals surface area contributed by atoms with Gasteiger partial charge in [-0.1, -0.05) is 6.42 Å². The number of morpholine rings is 1. The molecule has 1 aliphatic heterocycles. The minimum absolute atomic E-state index is 0.784. The summed E-state index contributed by atoms with van der Waals surface area (Å²) < 4.78 is 5.34. The second-order valence-corrected chi connectivity index (χ2v) is 5.01. The molecule has 0 radical (unpaired) electrons. The Bertz CT molecular complexity index is 203. The number of ether oxygens (including phenoxy) is 1. The van der Waals surface area contributed by atoms with E-state index in [0.29, 0.717) is 0 Å². The largest absolute Gasteiger partial charge is 0.379 e. The van der Waals surface area contributed by atoms with Crippen molar-refractivity contribution in [2.45, 2.75) is 31.7 Å². The lowest BCUT2D eigenvalue weighted by Crippen LogP contribution is -2.51. The van der Waals surface area contributed by atoms with Gasteiger partial charge in [0.25, 0.3) is 0 Å². The zero-order valence-corrected chi connectivity index (χ0v) is 8.74. The molecule has 0 aromatic rings. The van der Waals surface area contributed by atoms with Gasteiger partial charge in [0.1, 0.15) is 0 Å². The molecule has 0 aromatic heterocycles. The van der Waals surface area contributed by atoms with Crippen molar-refractivity contribution < 1.29 is 4.74 Å². The predicted octanol–water partition coefficient (Wildman–Crippen LogP) is 1.01. The molecule has 2 aliphatic carbocycles. The molecule has 1 saturated heterocycles. The summed E-state index contributed by atoms with van der Waals surface area (Å²) in [5, 5.41) is 2.37. The van der Waals surface area contributed by atoms with E-state index in [1.807, 2.05) is 0 Å². The van der Waals surface area contributed by atoms with Crippen molar-refractivity contribution in [1.82, 2.24) is 10.4 Å². The first-order valence-corrected chi connectivity index (χ1v) is 6.00. The molecule has 3 nitrogen and oxygen atoms in total. The summed E-state index contributed by atoms with van der Waals surface area (Å²) in [7, 11) is 0. The van der Waals surface area contributed by atoms with E-state index in [4.69, 9.17) is 4.74 Å². The van der Waals surface area contributed by atoms with Gasteiger partial charge in [-0.2, -0.15) is 0 Å². The third-order valence-electron chi connectivity index (χ3n) is 4.10. The van der Waals surface area contributed by atoms with E-state index in [0.717, 1.165) is 44.2 Å². The summed E-state index contributed by atoms with van der Waals surface area (Å²) >= 11 is 0. The number of nitrogens with one attached hydrogen (secondary N) is 1. The molecular formula is C11H20N2O. The fraction of sp³-hybridized carbons (Fsp3) is 1.00. The zero-order chi connectivity index (χ0) is 9.38. The first-order valence-electron chi connectivity index (χ1n) is 6.00. The molecule has 14 heavy (non-hydrogen) atoms. The third-order valence-corrected chi connectivity index (χ3v) is 4.10. The highest BCUT2D eigenvalue weighted by Gasteiger charge is 2.40. The molecule has 0 aromatic carbocycles. The second-order valence-electron chi connectivity index (χ2n) is 5.01. The Balaban J connectivity index is 1.52. The van der Waals surface area contributed by atoms with Gasteiger partial charge in [-0.25, -0.2) is 5.01 Å². The molecule has 80 valence electrons. The molecule has 3 rings (SSSR count). The summed E-state index contributed by atoms with van der Waals surface area (Å²) in [5.74, 6) is 2.02. The van der Waals surface area contributed by atoms with Gasteiger partial charge < -0.3 is 4.74 Å². The molecule has 3 heteroatoms. The number of nitrogens with zero attached hydrogens (tertiary/aromatic N) is 1. The average molecular weight is 196 g/mol. The summed E-state index contributed by atoms with van der Waals surface area (Å²) in [5.41, 5.74) is 3.70. The van der Waals surface area contributed by atoms with Crippen LogP contribution >= 0.6 is 0 Å². The number of hydrazine groups is 1. The minimum atomic E-state index is 0.784. The van der Waals surface area contributed by atoms with Crippen LogP contribution in [0.4, 0.5) is 0 Å². The molecule has 1 N–H and O–H groups in total. The van der Waals surface area contributed by atoms with Crippen molar-refractivity contribution in [3.63, 3.8) is 0 Å². The predicted molar refractivity (Wildman–Crippen MR) is 54.8 cm³/mol. The van der Waals surface area contributed by atoms with Crippen molar-refractivity contribution in [2.75, 3.05) is 26.3 Å². The van der Waals surface area contributed by atoms with Crippen LogP contribution in [0.25, 0.3) is 0 Å². The molecule has 0 spiro atoms. The quantitative estimate of drug-likeness (QED) is 0.713. The van der Waals surface area contributed by atoms with Crippen LogP contribution in [0.1, 0.15) is 25.7 Å². The smallest absolute Gasteiger partial charge is 0.0608 e. The Morgan fingerprint density at radius 2 is 1.93 bits per heavy atom. The van der Waals surface area contributed by atoms with Gasteiger partial charge in [0.15, 0.2) is 0 Å². The van der Waals surface area contributed by atoms with E-state index in [-0.39, 0.29) is 0 Å². The Labute approximate surface area is 85.8 Å². The number of hydrogen-bond acceptors (Lipinski definition) is 3. The number of fused-ring (bicyclic) bond motifs is 2. The molecule has 0 amide bonds. The first kappa shape index (κ1) is 9.13. The lowest BCUT2D eigenvalue weighted by molar-refractivity contribution is -0.00145. The normalized spacial score (nSPS) is 43.3. The minimum Gasteiger partial charge on any atom is -0.379 e. The Morgan fingerprint density at radius 3 is 2.57 bits per heavy atom. The van der Waals surface area contributed by atoms with E-state index in [1.54, 1.807) is 0 Å². The molecule has 2 saturated carbocycles. The fourth-order valence-electron chi connectivity index (χ4n) is 3.33. The van der Waals surface area contributed by atoms with E-state index >= 15 is 0 Å². The van der Waals surface area contributed by atoms with Crippen LogP contribution < -0.4 is 5.43 Å². The number of hydrogen-bond donors (Lipinski definition) is 1. The van der Waals surface area contributed by atoms with Crippen molar-refractivity contribution in [2.24, 2.45) is 11.8 Å². The molecule has 2 bridgehead atoms. The van der Waals surface area contributed by atoms with Gasteiger partial charge in [-0.05, 0) is 31.1 Å². The second kappa shape index (κ2) is 3.80. The van der Waals surface area contributed by atoms with Crippen LogP contribution in [-0.4, -0.2) is 37.4 Å². The highest BCUT2D eigenvalue weighted by Crippen LogP contribution is 2.44. The van der Waals surface area contributed by atoms with Gasteiger partial charge >= 0.3 is 0 Å². The maximum absolute atomic E-state index is 5.34. The van der Waals surface area contributed by atoms with Crippen LogP contribution in [0.15, 0.2) is 0 Å². The Morgan fingerprint density at radius 1 is 1.07 bits per heavy atom. The van der Waals surface area contributed by atoms with E-state index in [9.17, 15) is 0 Å². The van der Waals surface area contributed by atoms with Crippen molar-refractivity contribution in [1.29, 1.82) is 0 Å². The average Bonchev–Trinajstić information content (AvgIpc) is 2.81. The van der Waals surface area contributed by atoms with E-state index in [1.165, 1.54) is 25.7 Å². The Kier molecular flexibility index (Phi) is 2.48. The van der Waals surface area contributed by atoms with Gasteiger partial charge in [-0.15, -0.1) is 0 Å². The van der Waals surface area contributed by atoms with Crippen LogP contribution in [0.3, 0.4) is 0 Å². The van der Waals surface area contributed by atoms with Gasteiger partial charge in [0, 0.05) is 19.1 Å². The topological polar surface area (TPSA) is 24.5 Å². The van der Waals surface area contributed by atoms with E-state index in [2.05, 4.69) is 10.4 Å². The lowest BCUT2D eigenvalue weighted by atomic mass is 9.96. The highest BCUT2D eigenvalue weighted by atomic mass is 16.5. The molecule has 3 unspecified atom stereocenters. The lowest BCUT2D eigenvalue weighted by Gasteiger charge is -2.33. The molecule has 1 heterocycles. The SMILES string of the molecule is C1CN(NC2CC3CCC2C3)CCO1. The molecule has 3 aliphatic rings. The monoisotopic (exact) mass is 196 g/mol. The maximum atomic E-state index is 5.34. The van der Waals surface area contributed by atoms with Crippen molar-refractivity contribution >= 4 is 0 Å². The van der Waals surface area contributed by atoms with Crippen LogP contribution in [0.2, 0.25) is 0 Å². The highest BCUT2D eigenvalue weighted by molar-refractivity contribution is 4.93. The molecular weight excluding hydrogens is 176 g/mol. The molecule has 3 fully saturated rings. The van der Waals surface area contributed by atoms with Crippen molar-refractivity contribution in [3.8, 4) is 0 Å². The van der Waals surface area contributed by atoms with Crippen LogP contribution in [0, 0.1) is 11.8 Å². The van der Waals surface area contributed by atoms with E-state index < -0.39 is 0 Å². The summed E-state index contributed by atoms with van der Waals surface area (Å²) in [6.45, 7) is 3.92. The Hall–Kier alpha value is -0.120. The summed E-state index contributed by atoms with van der Waals surface area (Å²) in [6, 6.07) is 0.784.